The fraction of sp³-hybridized carbons (Fsp3) is 0.750. The van der Waals surface area contributed by atoms with Crippen molar-refractivity contribution in [2.45, 2.75) is 58.2 Å². The van der Waals surface area contributed by atoms with Crippen molar-refractivity contribution < 1.29 is 9.53 Å². The molecular formula is C16H23N3O3S. The van der Waals surface area contributed by atoms with Crippen molar-refractivity contribution in [3.8, 4) is 0 Å². The molecule has 6 nitrogen and oxygen atoms in total. The molecule has 2 aliphatic carbocycles. The number of H-pyrrole nitrogens is 1. The summed E-state index contributed by atoms with van der Waals surface area (Å²) in [5.74, 6) is 0.510. The van der Waals surface area contributed by atoms with Gasteiger partial charge in [0.05, 0.1) is 5.75 Å². The van der Waals surface area contributed by atoms with Crippen molar-refractivity contribution in [2.24, 2.45) is 16.7 Å². The summed E-state index contributed by atoms with van der Waals surface area (Å²) >= 11 is 1.15. The highest BCUT2D eigenvalue weighted by atomic mass is 32.2. The monoisotopic (exact) mass is 337 g/mol. The van der Waals surface area contributed by atoms with Crippen molar-refractivity contribution in [3.05, 3.63) is 16.0 Å². The molecule has 2 saturated carbocycles. The van der Waals surface area contributed by atoms with Crippen molar-refractivity contribution in [3.63, 3.8) is 0 Å². The molecule has 2 aliphatic rings. The van der Waals surface area contributed by atoms with Crippen molar-refractivity contribution >= 4 is 17.7 Å². The number of rotatable bonds is 4. The summed E-state index contributed by atoms with van der Waals surface area (Å²) < 4.78 is 5.76. The minimum atomic E-state index is -0.279. The lowest BCUT2D eigenvalue weighted by molar-refractivity contribution is -0.153. The van der Waals surface area contributed by atoms with Crippen LogP contribution < -0.4 is 5.56 Å². The van der Waals surface area contributed by atoms with E-state index < -0.39 is 0 Å². The van der Waals surface area contributed by atoms with Crippen molar-refractivity contribution in [1.29, 1.82) is 0 Å². The number of aromatic amines is 1. The molecular weight excluding hydrogens is 314 g/mol. The second-order valence-corrected chi connectivity index (χ2v) is 8.39. The van der Waals surface area contributed by atoms with Crippen LogP contribution in [0.3, 0.4) is 0 Å². The van der Waals surface area contributed by atoms with E-state index in [1.165, 1.54) is 6.42 Å². The first kappa shape index (κ1) is 16.5. The number of aromatic nitrogens is 3. The lowest BCUT2D eigenvalue weighted by Crippen LogP contribution is -2.38. The number of aryl methyl sites for hydroxylation is 1. The number of nitrogens with one attached hydrogen (secondary N) is 1. The van der Waals surface area contributed by atoms with Gasteiger partial charge in [-0.25, -0.2) is 0 Å². The van der Waals surface area contributed by atoms with E-state index in [1.54, 1.807) is 6.92 Å². The number of carbonyl (C=O) groups excluding carboxylic acids is 1. The highest BCUT2D eigenvalue weighted by Crippen LogP contribution is 2.66. The number of hydrogen-bond acceptors (Lipinski definition) is 6. The van der Waals surface area contributed by atoms with Crippen LogP contribution in [-0.4, -0.2) is 33.0 Å². The fourth-order valence-electron chi connectivity index (χ4n) is 4.07. The molecule has 126 valence electrons. The summed E-state index contributed by atoms with van der Waals surface area (Å²) in [7, 11) is 0. The van der Waals surface area contributed by atoms with E-state index in [-0.39, 0.29) is 34.2 Å². The number of thioether (sulfide) groups is 1. The van der Waals surface area contributed by atoms with Crippen molar-refractivity contribution in [1.82, 2.24) is 15.2 Å². The zero-order chi connectivity index (χ0) is 16.8. The summed E-state index contributed by atoms with van der Waals surface area (Å²) in [6.45, 7) is 8.42. The molecule has 7 heteroatoms. The second-order valence-electron chi connectivity index (χ2n) is 7.42. The van der Waals surface area contributed by atoms with Crippen LogP contribution in [0.4, 0.5) is 0 Å². The van der Waals surface area contributed by atoms with Crippen LogP contribution in [0.15, 0.2) is 9.95 Å². The summed E-state index contributed by atoms with van der Waals surface area (Å²) in [4.78, 5) is 26.2. The smallest absolute Gasteiger partial charge is 0.316 e. The maximum absolute atomic E-state index is 12.2. The first-order valence-electron chi connectivity index (χ1n) is 8.00. The summed E-state index contributed by atoms with van der Waals surface area (Å²) in [6, 6.07) is 0. The van der Waals surface area contributed by atoms with Crippen LogP contribution in [0.25, 0.3) is 0 Å². The van der Waals surface area contributed by atoms with Gasteiger partial charge in [0.15, 0.2) is 5.16 Å². The Morgan fingerprint density at radius 2 is 2.13 bits per heavy atom. The normalized spacial score (nSPS) is 31.3. The van der Waals surface area contributed by atoms with Gasteiger partial charge in [-0.3, -0.25) is 14.6 Å². The molecule has 3 atom stereocenters. The molecule has 0 unspecified atom stereocenters. The van der Waals surface area contributed by atoms with Gasteiger partial charge in [-0.05, 0) is 37.5 Å². The van der Waals surface area contributed by atoms with Gasteiger partial charge in [0.25, 0.3) is 5.56 Å². The average molecular weight is 337 g/mol. The summed E-state index contributed by atoms with van der Waals surface area (Å²) in [5, 5.41) is 7.97. The predicted octanol–water partition coefficient (Wildman–Crippen LogP) is 2.32. The number of carbonyl (C=O) groups is 1. The van der Waals surface area contributed by atoms with E-state index >= 15 is 0 Å². The van der Waals surface area contributed by atoms with E-state index in [0.29, 0.717) is 16.8 Å². The molecule has 3 rings (SSSR count). The maximum atomic E-state index is 12.2. The van der Waals surface area contributed by atoms with E-state index in [9.17, 15) is 9.59 Å². The van der Waals surface area contributed by atoms with Crippen LogP contribution >= 0.6 is 11.8 Å². The third kappa shape index (κ3) is 2.69. The Labute approximate surface area is 139 Å². The van der Waals surface area contributed by atoms with Gasteiger partial charge in [0.1, 0.15) is 11.8 Å². The molecule has 0 amide bonds. The van der Waals surface area contributed by atoms with Crippen LogP contribution in [0, 0.1) is 23.7 Å². The first-order valence-corrected chi connectivity index (χ1v) is 8.98. The van der Waals surface area contributed by atoms with Gasteiger partial charge in [0.2, 0.25) is 0 Å². The van der Waals surface area contributed by atoms with Gasteiger partial charge in [-0.2, -0.15) is 0 Å². The standard InChI is InChI=1S/C16H23N3O3S/c1-9-13(21)17-14(19-18-9)23-8-12(20)22-11-7-10-5-6-16(11,4)15(10,2)3/h10-11H,5-8H2,1-4H3,(H,17,19,21)/t10-,11-,16+/m1/s1. The highest BCUT2D eigenvalue weighted by Gasteiger charge is 2.62. The Morgan fingerprint density at radius 3 is 2.70 bits per heavy atom. The molecule has 1 heterocycles. The predicted molar refractivity (Wildman–Crippen MR) is 87.2 cm³/mol. The lowest BCUT2D eigenvalue weighted by atomic mass is 9.70. The molecule has 2 bridgehead atoms. The topological polar surface area (TPSA) is 84.9 Å². The van der Waals surface area contributed by atoms with Gasteiger partial charge in [-0.1, -0.05) is 32.5 Å². The average Bonchev–Trinajstić information content (AvgIpc) is 2.82. The molecule has 0 spiro atoms. The third-order valence-corrected chi connectivity index (χ3v) is 6.99. The molecule has 2 fully saturated rings. The maximum Gasteiger partial charge on any atom is 0.316 e. The number of esters is 1. The van der Waals surface area contributed by atoms with Crippen molar-refractivity contribution in [2.75, 3.05) is 5.75 Å². The molecule has 0 radical (unpaired) electrons. The molecule has 1 N–H and O–H groups in total. The third-order valence-electron chi connectivity index (χ3n) is 6.15. The quantitative estimate of drug-likeness (QED) is 0.670. The minimum Gasteiger partial charge on any atom is -0.461 e. The van der Waals surface area contributed by atoms with E-state index in [1.807, 2.05) is 0 Å². The minimum absolute atomic E-state index is 0.00694. The molecule has 0 aromatic carbocycles. The Balaban J connectivity index is 1.58. The zero-order valence-electron chi connectivity index (χ0n) is 14.0. The van der Waals surface area contributed by atoms with Gasteiger partial charge in [-0.15, -0.1) is 10.2 Å². The Morgan fingerprint density at radius 1 is 1.39 bits per heavy atom. The summed E-state index contributed by atoms with van der Waals surface area (Å²) in [5.41, 5.74) is 0.321. The molecule has 23 heavy (non-hydrogen) atoms. The SMILES string of the molecule is Cc1nnc(SCC(=O)O[C@@H]2C[C@H]3CC[C@]2(C)C3(C)C)[nH]c1=O. The Hall–Kier alpha value is -1.37. The van der Waals surface area contributed by atoms with E-state index in [0.717, 1.165) is 24.6 Å². The lowest BCUT2D eigenvalue weighted by Gasteiger charge is -2.38. The van der Waals surface area contributed by atoms with E-state index in [2.05, 4.69) is 36.0 Å². The molecule has 0 saturated heterocycles. The number of fused-ring (bicyclic) bond motifs is 2. The molecule has 1 aromatic heterocycles. The Kier molecular flexibility index (Phi) is 4.02. The van der Waals surface area contributed by atoms with Crippen LogP contribution in [-0.2, 0) is 9.53 Å². The van der Waals surface area contributed by atoms with E-state index in [4.69, 9.17) is 4.74 Å². The van der Waals surface area contributed by atoms with Gasteiger partial charge >= 0.3 is 5.97 Å². The number of hydrogen-bond donors (Lipinski definition) is 1. The zero-order valence-corrected chi connectivity index (χ0v) is 14.8. The highest BCUT2D eigenvalue weighted by molar-refractivity contribution is 7.99. The largest absolute Gasteiger partial charge is 0.461 e. The van der Waals surface area contributed by atoms with Crippen LogP contribution in [0.2, 0.25) is 0 Å². The second kappa shape index (κ2) is 5.61. The Bertz CT molecular complexity index is 687. The fourth-order valence-corrected chi connectivity index (χ4v) is 4.66. The number of ether oxygens (including phenoxy) is 1. The molecule has 1 aromatic rings. The first-order chi connectivity index (χ1) is 10.7. The van der Waals surface area contributed by atoms with Crippen LogP contribution in [0.5, 0.6) is 0 Å². The summed E-state index contributed by atoms with van der Waals surface area (Å²) in [6.07, 6.45) is 3.30. The van der Waals surface area contributed by atoms with Crippen LogP contribution in [0.1, 0.15) is 45.7 Å². The van der Waals surface area contributed by atoms with Gasteiger partial charge in [0, 0.05) is 5.41 Å². The number of nitrogens with zero attached hydrogens (tertiary/aromatic N) is 2. The van der Waals surface area contributed by atoms with Gasteiger partial charge < -0.3 is 4.74 Å². The molecule has 0 aliphatic heterocycles.